The van der Waals surface area contributed by atoms with E-state index in [0.717, 1.165) is 5.82 Å². The van der Waals surface area contributed by atoms with Crippen LogP contribution in [0.5, 0.6) is 0 Å². The number of aryl methyl sites for hydroxylation is 3. The van der Waals surface area contributed by atoms with Gasteiger partial charge >= 0.3 is 0 Å². The molecule has 0 aromatic carbocycles. The Labute approximate surface area is 118 Å². The first kappa shape index (κ1) is 12.9. The van der Waals surface area contributed by atoms with E-state index < -0.39 is 0 Å². The molecule has 0 spiro atoms. The standard InChI is InChI=1S/C11H13N7OS/c1-7-13-11(15-14-7)20-4-3-18-6-12-8-5-17(2)16-9(8)10(18)19/h5-6H,3-4H2,1-2H3,(H,13,14,15). The molecule has 0 fully saturated rings. The maximum Gasteiger partial charge on any atom is 0.281 e. The van der Waals surface area contributed by atoms with Crippen LogP contribution in [0, 0.1) is 6.92 Å². The molecule has 0 bridgehead atoms. The third-order valence-electron chi connectivity index (χ3n) is 2.75. The fraction of sp³-hybridized carbons (Fsp3) is 0.364. The molecule has 0 radical (unpaired) electrons. The van der Waals surface area contributed by atoms with Crippen molar-refractivity contribution in [2.24, 2.45) is 7.05 Å². The number of fused-ring (bicyclic) bond motifs is 1. The monoisotopic (exact) mass is 291 g/mol. The van der Waals surface area contributed by atoms with E-state index in [2.05, 4.69) is 25.3 Å². The lowest BCUT2D eigenvalue weighted by atomic mass is 10.4. The highest BCUT2D eigenvalue weighted by Gasteiger charge is 2.08. The summed E-state index contributed by atoms with van der Waals surface area (Å²) < 4.78 is 3.15. The van der Waals surface area contributed by atoms with Crippen LogP contribution in [0.2, 0.25) is 0 Å². The van der Waals surface area contributed by atoms with Gasteiger partial charge in [0.15, 0.2) is 5.52 Å². The van der Waals surface area contributed by atoms with Crippen LogP contribution in [0.4, 0.5) is 0 Å². The summed E-state index contributed by atoms with van der Waals surface area (Å²) in [5, 5.41) is 11.6. The zero-order valence-corrected chi connectivity index (χ0v) is 11.9. The van der Waals surface area contributed by atoms with Crippen molar-refractivity contribution in [1.29, 1.82) is 0 Å². The molecule has 0 aliphatic heterocycles. The number of aromatic amines is 1. The van der Waals surface area contributed by atoms with Gasteiger partial charge in [0.25, 0.3) is 5.56 Å². The van der Waals surface area contributed by atoms with Gasteiger partial charge in [0.2, 0.25) is 5.16 Å². The highest BCUT2D eigenvalue weighted by molar-refractivity contribution is 7.99. The number of nitrogens with one attached hydrogen (secondary N) is 1. The summed E-state index contributed by atoms with van der Waals surface area (Å²) in [7, 11) is 1.77. The van der Waals surface area contributed by atoms with Crippen molar-refractivity contribution in [2.75, 3.05) is 5.75 Å². The Morgan fingerprint density at radius 3 is 3.05 bits per heavy atom. The van der Waals surface area contributed by atoms with Gasteiger partial charge in [-0.25, -0.2) is 9.97 Å². The average Bonchev–Trinajstić information content (AvgIpc) is 2.98. The van der Waals surface area contributed by atoms with Crippen LogP contribution < -0.4 is 5.56 Å². The van der Waals surface area contributed by atoms with Crippen LogP contribution in [0.15, 0.2) is 22.5 Å². The maximum absolute atomic E-state index is 12.2. The molecule has 3 aromatic heterocycles. The van der Waals surface area contributed by atoms with Gasteiger partial charge < -0.3 is 0 Å². The Morgan fingerprint density at radius 1 is 1.45 bits per heavy atom. The Kier molecular flexibility index (Phi) is 3.26. The molecule has 0 saturated carbocycles. The Morgan fingerprint density at radius 2 is 2.30 bits per heavy atom. The normalized spacial score (nSPS) is 11.3. The summed E-state index contributed by atoms with van der Waals surface area (Å²) in [6.07, 6.45) is 3.28. The number of aromatic nitrogens is 7. The summed E-state index contributed by atoms with van der Waals surface area (Å²) in [6.45, 7) is 2.39. The van der Waals surface area contributed by atoms with Gasteiger partial charge in [0, 0.05) is 19.3 Å². The van der Waals surface area contributed by atoms with Crippen LogP contribution in [-0.2, 0) is 13.6 Å². The molecule has 8 nitrogen and oxygen atoms in total. The van der Waals surface area contributed by atoms with Gasteiger partial charge in [-0.3, -0.25) is 19.1 Å². The number of H-pyrrole nitrogens is 1. The highest BCUT2D eigenvalue weighted by Crippen LogP contribution is 2.12. The average molecular weight is 291 g/mol. The van der Waals surface area contributed by atoms with Crippen molar-refractivity contribution >= 4 is 22.8 Å². The second-order valence-corrected chi connectivity index (χ2v) is 5.39. The number of rotatable bonds is 4. The highest BCUT2D eigenvalue weighted by atomic mass is 32.2. The Balaban J connectivity index is 1.74. The Bertz CT molecular complexity index is 803. The molecule has 0 saturated heterocycles. The third kappa shape index (κ3) is 2.44. The first-order valence-electron chi connectivity index (χ1n) is 6.04. The van der Waals surface area contributed by atoms with Crippen molar-refractivity contribution < 1.29 is 0 Å². The number of nitrogens with zero attached hydrogens (tertiary/aromatic N) is 6. The molecule has 104 valence electrons. The van der Waals surface area contributed by atoms with Crippen LogP contribution in [0.1, 0.15) is 5.82 Å². The summed E-state index contributed by atoms with van der Waals surface area (Å²) in [5.74, 6) is 1.47. The quantitative estimate of drug-likeness (QED) is 0.697. The van der Waals surface area contributed by atoms with E-state index in [4.69, 9.17) is 0 Å². The summed E-state index contributed by atoms with van der Waals surface area (Å²) in [5.41, 5.74) is 0.891. The molecule has 1 N–H and O–H groups in total. The van der Waals surface area contributed by atoms with Gasteiger partial charge in [-0.05, 0) is 6.92 Å². The molecule has 3 heterocycles. The molecule has 9 heteroatoms. The maximum atomic E-state index is 12.2. The van der Waals surface area contributed by atoms with E-state index >= 15 is 0 Å². The van der Waals surface area contributed by atoms with E-state index in [9.17, 15) is 4.79 Å². The van der Waals surface area contributed by atoms with Crippen molar-refractivity contribution in [3.05, 3.63) is 28.7 Å². The SMILES string of the molecule is Cc1nc(SCCn2cnc3cn(C)nc3c2=O)n[nH]1. The van der Waals surface area contributed by atoms with Gasteiger partial charge in [0.05, 0.1) is 12.5 Å². The molecule has 3 aromatic rings. The Hall–Kier alpha value is -2.16. The summed E-state index contributed by atoms with van der Waals surface area (Å²) >= 11 is 1.49. The summed E-state index contributed by atoms with van der Waals surface area (Å²) in [4.78, 5) is 20.6. The number of hydrogen-bond donors (Lipinski definition) is 1. The second kappa shape index (κ2) is 5.08. The summed E-state index contributed by atoms with van der Waals surface area (Å²) in [6, 6.07) is 0. The molecular weight excluding hydrogens is 278 g/mol. The lowest BCUT2D eigenvalue weighted by Gasteiger charge is -2.02. The van der Waals surface area contributed by atoms with Crippen molar-refractivity contribution in [3.63, 3.8) is 0 Å². The molecule has 0 atom stereocenters. The van der Waals surface area contributed by atoms with Crippen LogP contribution in [0.25, 0.3) is 11.0 Å². The predicted octanol–water partition coefficient (Wildman–Crippen LogP) is 0.349. The third-order valence-corrected chi connectivity index (χ3v) is 3.58. The fourth-order valence-corrected chi connectivity index (χ4v) is 2.61. The molecule has 0 amide bonds. The fourth-order valence-electron chi connectivity index (χ4n) is 1.82. The first-order chi connectivity index (χ1) is 9.63. The molecule has 3 rings (SSSR count). The largest absolute Gasteiger partial charge is 0.296 e. The van der Waals surface area contributed by atoms with Crippen LogP contribution >= 0.6 is 11.8 Å². The minimum atomic E-state index is -0.123. The molecule has 0 aliphatic carbocycles. The number of thioether (sulfide) groups is 1. The van der Waals surface area contributed by atoms with Crippen molar-refractivity contribution in [3.8, 4) is 0 Å². The first-order valence-corrected chi connectivity index (χ1v) is 7.02. The number of hydrogen-bond acceptors (Lipinski definition) is 6. The van der Waals surface area contributed by atoms with Crippen LogP contribution in [0.3, 0.4) is 0 Å². The van der Waals surface area contributed by atoms with Gasteiger partial charge in [-0.2, -0.15) is 5.10 Å². The van der Waals surface area contributed by atoms with Crippen LogP contribution in [-0.4, -0.2) is 40.3 Å². The smallest absolute Gasteiger partial charge is 0.281 e. The molecule has 0 aliphatic rings. The van der Waals surface area contributed by atoms with E-state index in [1.807, 2.05) is 6.92 Å². The predicted molar refractivity (Wildman–Crippen MR) is 74.6 cm³/mol. The zero-order valence-electron chi connectivity index (χ0n) is 11.1. The van der Waals surface area contributed by atoms with Gasteiger partial charge in [-0.15, -0.1) is 5.10 Å². The van der Waals surface area contributed by atoms with E-state index in [1.54, 1.807) is 28.8 Å². The molecule has 20 heavy (non-hydrogen) atoms. The van der Waals surface area contributed by atoms with E-state index in [1.165, 1.54) is 11.8 Å². The lowest BCUT2D eigenvalue weighted by Crippen LogP contribution is -2.21. The van der Waals surface area contributed by atoms with Crippen molar-refractivity contribution in [1.82, 2.24) is 34.5 Å². The van der Waals surface area contributed by atoms with E-state index in [0.29, 0.717) is 28.5 Å². The van der Waals surface area contributed by atoms with E-state index in [-0.39, 0.29) is 5.56 Å². The molecule has 0 unspecified atom stereocenters. The second-order valence-electron chi connectivity index (χ2n) is 4.33. The minimum Gasteiger partial charge on any atom is -0.296 e. The van der Waals surface area contributed by atoms with Gasteiger partial charge in [0.1, 0.15) is 11.3 Å². The van der Waals surface area contributed by atoms with Crippen molar-refractivity contribution in [2.45, 2.75) is 18.6 Å². The molecular formula is C11H13N7OS. The topological polar surface area (TPSA) is 94.3 Å². The zero-order chi connectivity index (χ0) is 14.1. The lowest BCUT2D eigenvalue weighted by molar-refractivity contribution is 0.718. The minimum absolute atomic E-state index is 0.123. The van der Waals surface area contributed by atoms with Gasteiger partial charge in [-0.1, -0.05) is 11.8 Å².